The van der Waals surface area contributed by atoms with Crippen molar-refractivity contribution in [3.05, 3.63) is 90.8 Å². The molecule has 1 amide bonds. The molecule has 0 aliphatic carbocycles. The number of rotatable bonds is 4. The van der Waals surface area contributed by atoms with Gasteiger partial charge in [0.15, 0.2) is 0 Å². The molecule has 144 valence electrons. The van der Waals surface area contributed by atoms with Crippen LogP contribution in [0.3, 0.4) is 0 Å². The summed E-state index contributed by atoms with van der Waals surface area (Å²) in [6.45, 7) is 0. The largest absolute Gasteiger partial charge is 0.338 e. The lowest BCUT2D eigenvalue weighted by atomic mass is 10.1. The summed E-state index contributed by atoms with van der Waals surface area (Å²) in [6.07, 6.45) is 4.75. The van der Waals surface area contributed by atoms with Crippen LogP contribution < -0.4 is 5.32 Å². The van der Waals surface area contributed by atoms with Gasteiger partial charge in [0.2, 0.25) is 5.91 Å². The first-order chi connectivity index (χ1) is 14.8. The lowest BCUT2D eigenvalue weighted by Gasteiger charge is -2.07. The molecular formula is C24H17N5O. The molecule has 0 saturated heterocycles. The molecule has 0 unspecified atom stereocenters. The Morgan fingerprint density at radius 1 is 0.833 bits per heavy atom. The number of carbonyl (C=O) groups is 1. The standard InChI is InChI=1S/C24H17N5O/c30-23(14-13-16-15-25-19-9-3-4-10-20(19)26-16)27-18-8-2-1-7-17(18)24-28-21-11-5-6-12-22(21)29-24/h1-15H,(H,27,30)(H,28,29)/b14-13+. The maximum absolute atomic E-state index is 12.5. The molecule has 6 heteroatoms. The van der Waals surface area contributed by atoms with Gasteiger partial charge in [-0.15, -0.1) is 0 Å². The molecule has 2 heterocycles. The number of nitrogens with zero attached hydrogens (tertiary/aromatic N) is 3. The minimum absolute atomic E-state index is 0.256. The Balaban J connectivity index is 1.38. The van der Waals surface area contributed by atoms with E-state index in [1.54, 1.807) is 12.3 Å². The molecule has 2 N–H and O–H groups in total. The van der Waals surface area contributed by atoms with E-state index in [9.17, 15) is 4.79 Å². The quantitative estimate of drug-likeness (QED) is 0.430. The second-order valence-electron chi connectivity index (χ2n) is 6.75. The van der Waals surface area contributed by atoms with Crippen LogP contribution in [0.25, 0.3) is 39.5 Å². The number of carbonyl (C=O) groups excluding carboxylic acids is 1. The fraction of sp³-hybridized carbons (Fsp3) is 0. The van der Waals surface area contributed by atoms with E-state index in [0.29, 0.717) is 17.2 Å². The van der Waals surface area contributed by atoms with E-state index in [1.807, 2.05) is 72.8 Å². The molecule has 0 aliphatic heterocycles. The Morgan fingerprint density at radius 3 is 2.43 bits per heavy atom. The number of amides is 1. The first-order valence-corrected chi connectivity index (χ1v) is 9.51. The van der Waals surface area contributed by atoms with Crippen LogP contribution in [0.2, 0.25) is 0 Å². The molecule has 0 aliphatic rings. The Hall–Kier alpha value is -4.32. The SMILES string of the molecule is O=C(/C=C/c1cnc2ccccc2n1)Nc1ccccc1-c1nc2ccccc2[nH]1. The average Bonchev–Trinajstić information content (AvgIpc) is 3.22. The van der Waals surface area contributed by atoms with Crippen LogP contribution in [0.15, 0.2) is 85.1 Å². The highest BCUT2D eigenvalue weighted by Gasteiger charge is 2.10. The first kappa shape index (κ1) is 17.8. The van der Waals surface area contributed by atoms with Crippen LogP contribution in [-0.4, -0.2) is 25.8 Å². The number of fused-ring (bicyclic) bond motifs is 2. The van der Waals surface area contributed by atoms with Gasteiger partial charge in [0, 0.05) is 11.6 Å². The highest BCUT2D eigenvalue weighted by molar-refractivity contribution is 6.04. The minimum Gasteiger partial charge on any atom is -0.338 e. The van der Waals surface area contributed by atoms with Gasteiger partial charge in [-0.2, -0.15) is 0 Å². The van der Waals surface area contributed by atoms with E-state index in [4.69, 9.17) is 0 Å². The molecular weight excluding hydrogens is 374 g/mol. The van der Waals surface area contributed by atoms with Crippen molar-refractivity contribution in [2.24, 2.45) is 0 Å². The number of hydrogen-bond donors (Lipinski definition) is 2. The van der Waals surface area contributed by atoms with Gasteiger partial charge in [0.05, 0.1) is 39.6 Å². The van der Waals surface area contributed by atoms with Gasteiger partial charge in [-0.1, -0.05) is 36.4 Å². The molecule has 0 radical (unpaired) electrons. The predicted octanol–water partition coefficient (Wildman–Crippen LogP) is 4.83. The third-order valence-electron chi connectivity index (χ3n) is 4.70. The first-order valence-electron chi connectivity index (χ1n) is 9.51. The Labute approximate surface area is 172 Å². The fourth-order valence-corrected chi connectivity index (χ4v) is 3.27. The highest BCUT2D eigenvalue weighted by atomic mass is 16.1. The maximum Gasteiger partial charge on any atom is 0.248 e. The number of anilines is 1. The summed E-state index contributed by atoms with van der Waals surface area (Å²) in [5, 5.41) is 2.93. The molecule has 5 aromatic rings. The van der Waals surface area contributed by atoms with Crippen LogP contribution in [0.4, 0.5) is 5.69 Å². The van der Waals surface area contributed by atoms with Crippen molar-refractivity contribution in [1.29, 1.82) is 0 Å². The van der Waals surface area contributed by atoms with Crippen LogP contribution >= 0.6 is 0 Å². The van der Waals surface area contributed by atoms with Gasteiger partial charge in [-0.25, -0.2) is 9.97 Å². The van der Waals surface area contributed by atoms with E-state index in [2.05, 4.69) is 25.3 Å². The van der Waals surface area contributed by atoms with Crippen molar-refractivity contribution in [1.82, 2.24) is 19.9 Å². The Kier molecular flexibility index (Phi) is 4.50. The van der Waals surface area contributed by atoms with Gasteiger partial charge >= 0.3 is 0 Å². The molecule has 3 aromatic carbocycles. The molecule has 30 heavy (non-hydrogen) atoms. The number of H-pyrrole nitrogens is 1. The average molecular weight is 391 g/mol. The molecule has 2 aromatic heterocycles. The van der Waals surface area contributed by atoms with E-state index < -0.39 is 0 Å². The molecule has 0 spiro atoms. The molecule has 0 atom stereocenters. The van der Waals surface area contributed by atoms with Crippen molar-refractivity contribution in [3.8, 4) is 11.4 Å². The smallest absolute Gasteiger partial charge is 0.248 e. The lowest BCUT2D eigenvalue weighted by molar-refractivity contribution is -0.111. The number of benzene rings is 3. The second kappa shape index (κ2) is 7.60. The zero-order chi connectivity index (χ0) is 20.3. The topological polar surface area (TPSA) is 83.6 Å². The molecule has 0 fully saturated rings. The number of imidazole rings is 1. The number of para-hydroxylation sites is 5. The van der Waals surface area contributed by atoms with Gasteiger partial charge in [0.25, 0.3) is 0 Å². The van der Waals surface area contributed by atoms with Crippen molar-refractivity contribution >= 4 is 39.7 Å². The summed E-state index contributed by atoms with van der Waals surface area (Å²) >= 11 is 0. The summed E-state index contributed by atoms with van der Waals surface area (Å²) in [6, 6.07) is 23.0. The summed E-state index contributed by atoms with van der Waals surface area (Å²) in [5.74, 6) is 0.449. The second-order valence-corrected chi connectivity index (χ2v) is 6.75. The third kappa shape index (κ3) is 3.54. The highest BCUT2D eigenvalue weighted by Crippen LogP contribution is 2.27. The number of nitrogens with one attached hydrogen (secondary N) is 2. The summed E-state index contributed by atoms with van der Waals surface area (Å²) in [7, 11) is 0. The van der Waals surface area contributed by atoms with E-state index in [1.165, 1.54) is 6.08 Å². The van der Waals surface area contributed by atoms with E-state index >= 15 is 0 Å². The molecule has 0 bridgehead atoms. The Morgan fingerprint density at radius 2 is 1.57 bits per heavy atom. The summed E-state index contributed by atoms with van der Waals surface area (Å²) < 4.78 is 0. The number of aromatic amines is 1. The van der Waals surface area contributed by atoms with Crippen LogP contribution in [0, 0.1) is 0 Å². The Bertz CT molecular complexity index is 1370. The summed E-state index contributed by atoms with van der Waals surface area (Å²) in [4.78, 5) is 29.3. The number of aromatic nitrogens is 4. The van der Waals surface area contributed by atoms with Crippen molar-refractivity contribution in [2.75, 3.05) is 5.32 Å². The van der Waals surface area contributed by atoms with Gasteiger partial charge in [-0.3, -0.25) is 9.78 Å². The van der Waals surface area contributed by atoms with Crippen LogP contribution in [0.5, 0.6) is 0 Å². The van der Waals surface area contributed by atoms with E-state index in [-0.39, 0.29) is 5.91 Å². The zero-order valence-electron chi connectivity index (χ0n) is 15.9. The van der Waals surface area contributed by atoms with Crippen LogP contribution in [0.1, 0.15) is 5.69 Å². The maximum atomic E-state index is 12.5. The van der Waals surface area contributed by atoms with Crippen molar-refractivity contribution in [2.45, 2.75) is 0 Å². The summed E-state index contributed by atoms with van der Waals surface area (Å²) in [5.41, 5.74) is 5.55. The monoisotopic (exact) mass is 391 g/mol. The number of hydrogen-bond acceptors (Lipinski definition) is 4. The predicted molar refractivity (Wildman–Crippen MR) is 119 cm³/mol. The minimum atomic E-state index is -0.256. The molecule has 6 nitrogen and oxygen atoms in total. The van der Waals surface area contributed by atoms with Gasteiger partial charge in [-0.05, 0) is 42.5 Å². The van der Waals surface area contributed by atoms with Crippen LogP contribution in [-0.2, 0) is 4.79 Å². The third-order valence-corrected chi connectivity index (χ3v) is 4.70. The molecule has 5 rings (SSSR count). The van der Waals surface area contributed by atoms with Gasteiger partial charge < -0.3 is 10.3 Å². The van der Waals surface area contributed by atoms with Gasteiger partial charge in [0.1, 0.15) is 5.82 Å². The lowest BCUT2D eigenvalue weighted by Crippen LogP contribution is -2.09. The zero-order valence-corrected chi connectivity index (χ0v) is 15.9. The van der Waals surface area contributed by atoms with E-state index in [0.717, 1.165) is 27.6 Å². The normalized spacial score (nSPS) is 11.3. The van der Waals surface area contributed by atoms with Crippen molar-refractivity contribution < 1.29 is 4.79 Å². The molecule has 0 saturated carbocycles. The van der Waals surface area contributed by atoms with Crippen molar-refractivity contribution in [3.63, 3.8) is 0 Å². The fourth-order valence-electron chi connectivity index (χ4n) is 3.27.